The summed E-state index contributed by atoms with van der Waals surface area (Å²) in [6.07, 6.45) is 1.10. The number of methoxy groups -OCH3 is 1. The molecule has 1 fully saturated rings. The van der Waals surface area contributed by atoms with Crippen molar-refractivity contribution in [3.63, 3.8) is 0 Å². The van der Waals surface area contributed by atoms with Gasteiger partial charge in [-0.3, -0.25) is 29.9 Å². The number of hydrogen-bond acceptors (Lipinski definition) is 7. The Hall–Kier alpha value is -3.86. The standard InChI is InChI=1S/C18H12FN3O6S/c1-28-14-8-9(7-13(15(14)23)22(26)27)6-12-16(24)20-18(29)21(17(12)25)11-4-2-10(19)3-5-11/h2-8,23H,1H3,(H,20,24,29). The summed E-state index contributed by atoms with van der Waals surface area (Å²) in [6.45, 7) is 0. The Morgan fingerprint density at radius 2 is 1.93 bits per heavy atom. The molecule has 0 atom stereocenters. The summed E-state index contributed by atoms with van der Waals surface area (Å²) in [6, 6.07) is 7.08. The molecule has 148 valence electrons. The average Bonchev–Trinajstić information content (AvgIpc) is 2.67. The van der Waals surface area contributed by atoms with Gasteiger partial charge in [0.1, 0.15) is 11.4 Å². The molecule has 1 aliphatic heterocycles. The van der Waals surface area contributed by atoms with Gasteiger partial charge in [0.15, 0.2) is 10.9 Å². The number of carbonyl (C=O) groups is 2. The molecule has 0 unspecified atom stereocenters. The number of nitrogens with zero attached hydrogens (tertiary/aromatic N) is 2. The van der Waals surface area contributed by atoms with E-state index >= 15 is 0 Å². The van der Waals surface area contributed by atoms with Gasteiger partial charge in [-0.1, -0.05) is 0 Å². The van der Waals surface area contributed by atoms with Crippen LogP contribution in [0.25, 0.3) is 6.08 Å². The minimum absolute atomic E-state index is 0.0664. The third-order valence-corrected chi connectivity index (χ3v) is 4.28. The number of nitro groups is 1. The first-order valence-electron chi connectivity index (χ1n) is 7.95. The lowest BCUT2D eigenvalue weighted by molar-refractivity contribution is -0.386. The van der Waals surface area contributed by atoms with E-state index in [0.717, 1.165) is 29.2 Å². The molecule has 2 N–H and O–H groups in total. The van der Waals surface area contributed by atoms with Gasteiger partial charge < -0.3 is 9.84 Å². The van der Waals surface area contributed by atoms with Gasteiger partial charge in [-0.15, -0.1) is 0 Å². The van der Waals surface area contributed by atoms with Gasteiger partial charge in [0.25, 0.3) is 11.8 Å². The van der Waals surface area contributed by atoms with Gasteiger partial charge in [-0.25, -0.2) is 4.39 Å². The van der Waals surface area contributed by atoms with E-state index in [9.17, 15) is 29.2 Å². The quantitative estimate of drug-likeness (QED) is 0.257. The molecule has 11 heteroatoms. The lowest BCUT2D eigenvalue weighted by Crippen LogP contribution is -2.54. The first kappa shape index (κ1) is 19.9. The topological polar surface area (TPSA) is 122 Å². The molecular weight excluding hydrogens is 405 g/mol. The summed E-state index contributed by atoms with van der Waals surface area (Å²) in [5.74, 6) is -3.03. The van der Waals surface area contributed by atoms with Crippen molar-refractivity contribution in [1.82, 2.24) is 5.32 Å². The highest BCUT2D eigenvalue weighted by atomic mass is 32.1. The Morgan fingerprint density at radius 1 is 1.28 bits per heavy atom. The molecule has 3 rings (SSSR count). The molecule has 2 aromatic rings. The summed E-state index contributed by atoms with van der Waals surface area (Å²) in [4.78, 5) is 36.5. The van der Waals surface area contributed by atoms with E-state index in [2.05, 4.69) is 5.32 Å². The molecule has 2 aromatic carbocycles. The summed E-state index contributed by atoms with van der Waals surface area (Å²) < 4.78 is 18.1. The molecular formula is C18H12FN3O6S. The third kappa shape index (κ3) is 3.75. The van der Waals surface area contributed by atoms with E-state index in [1.54, 1.807) is 0 Å². The second-order valence-electron chi connectivity index (χ2n) is 5.78. The largest absolute Gasteiger partial charge is 0.500 e. The molecule has 0 saturated carbocycles. The third-order valence-electron chi connectivity index (χ3n) is 3.99. The van der Waals surface area contributed by atoms with E-state index in [-0.39, 0.29) is 27.7 Å². The van der Waals surface area contributed by atoms with Crippen molar-refractivity contribution in [2.24, 2.45) is 0 Å². The number of phenolic OH excluding ortho intramolecular Hbond substituents is 1. The minimum atomic E-state index is -0.831. The van der Waals surface area contributed by atoms with E-state index in [1.807, 2.05) is 0 Å². The Balaban J connectivity index is 2.08. The zero-order valence-corrected chi connectivity index (χ0v) is 15.5. The number of nitrogens with one attached hydrogen (secondary N) is 1. The average molecular weight is 417 g/mol. The number of ether oxygens (including phenoxy) is 1. The van der Waals surface area contributed by atoms with Gasteiger partial charge in [0, 0.05) is 6.07 Å². The maximum atomic E-state index is 13.2. The Bertz CT molecular complexity index is 1080. The first-order valence-corrected chi connectivity index (χ1v) is 8.36. The van der Waals surface area contributed by atoms with Crippen LogP contribution in [0, 0.1) is 15.9 Å². The van der Waals surface area contributed by atoms with Crippen molar-refractivity contribution in [3.05, 3.63) is 63.5 Å². The van der Waals surface area contributed by atoms with E-state index in [4.69, 9.17) is 17.0 Å². The highest BCUT2D eigenvalue weighted by Crippen LogP contribution is 2.37. The number of rotatable bonds is 4. The number of anilines is 1. The fraction of sp³-hybridized carbons (Fsp3) is 0.0556. The lowest BCUT2D eigenvalue weighted by Gasteiger charge is -2.28. The molecule has 0 radical (unpaired) electrons. The van der Waals surface area contributed by atoms with Crippen LogP contribution in [0.3, 0.4) is 0 Å². The number of thiocarbonyl (C=S) groups is 1. The normalized spacial score (nSPS) is 15.4. The molecule has 1 saturated heterocycles. The molecule has 1 aliphatic rings. The Labute approximate surface area is 168 Å². The molecule has 0 aromatic heterocycles. The summed E-state index contributed by atoms with van der Waals surface area (Å²) in [7, 11) is 1.20. The molecule has 1 heterocycles. The Kier molecular flexibility index (Phi) is 5.24. The van der Waals surface area contributed by atoms with Gasteiger partial charge >= 0.3 is 5.69 Å². The highest BCUT2D eigenvalue weighted by Gasteiger charge is 2.34. The number of hydrogen-bond donors (Lipinski definition) is 2. The molecule has 0 aliphatic carbocycles. The number of amides is 2. The minimum Gasteiger partial charge on any atom is -0.500 e. The van der Waals surface area contributed by atoms with Gasteiger partial charge in [0.05, 0.1) is 17.7 Å². The number of aromatic hydroxyl groups is 1. The zero-order chi connectivity index (χ0) is 21.3. The molecule has 0 spiro atoms. The van der Waals surface area contributed by atoms with Crippen LogP contribution >= 0.6 is 12.2 Å². The zero-order valence-electron chi connectivity index (χ0n) is 14.7. The van der Waals surface area contributed by atoms with Crippen LogP contribution in [0.15, 0.2) is 42.0 Å². The number of benzene rings is 2. The van der Waals surface area contributed by atoms with E-state index in [1.165, 1.54) is 25.3 Å². The van der Waals surface area contributed by atoms with Crippen molar-refractivity contribution < 1.29 is 28.7 Å². The molecule has 9 nitrogen and oxygen atoms in total. The molecule has 2 amide bonds. The fourth-order valence-corrected chi connectivity index (χ4v) is 2.92. The highest BCUT2D eigenvalue weighted by molar-refractivity contribution is 7.80. The van der Waals surface area contributed by atoms with Gasteiger partial charge in [-0.2, -0.15) is 0 Å². The predicted octanol–water partition coefficient (Wildman–Crippen LogP) is 2.28. The first-order chi connectivity index (χ1) is 13.7. The maximum absolute atomic E-state index is 13.2. The summed E-state index contributed by atoms with van der Waals surface area (Å²) in [5.41, 5.74) is -0.742. The number of phenols is 1. The summed E-state index contributed by atoms with van der Waals surface area (Å²) in [5, 5.41) is 23.1. The van der Waals surface area contributed by atoms with Crippen LogP contribution in [0.2, 0.25) is 0 Å². The fourth-order valence-electron chi connectivity index (χ4n) is 2.64. The van der Waals surface area contributed by atoms with Crippen LogP contribution in [0.5, 0.6) is 11.5 Å². The van der Waals surface area contributed by atoms with Crippen molar-refractivity contribution in [2.75, 3.05) is 12.0 Å². The van der Waals surface area contributed by atoms with Crippen LogP contribution in [0.4, 0.5) is 15.8 Å². The predicted molar refractivity (Wildman–Crippen MR) is 104 cm³/mol. The van der Waals surface area contributed by atoms with Crippen LogP contribution in [0.1, 0.15) is 5.56 Å². The van der Waals surface area contributed by atoms with Crippen molar-refractivity contribution in [2.45, 2.75) is 0 Å². The van der Waals surface area contributed by atoms with Crippen LogP contribution in [-0.4, -0.2) is 34.1 Å². The van der Waals surface area contributed by atoms with Crippen molar-refractivity contribution >= 4 is 46.6 Å². The van der Waals surface area contributed by atoms with Crippen LogP contribution < -0.4 is 15.0 Å². The van der Waals surface area contributed by atoms with E-state index in [0.29, 0.717) is 0 Å². The lowest BCUT2D eigenvalue weighted by atomic mass is 10.1. The molecule has 0 bridgehead atoms. The number of nitro benzene ring substituents is 1. The van der Waals surface area contributed by atoms with Crippen LogP contribution in [-0.2, 0) is 9.59 Å². The maximum Gasteiger partial charge on any atom is 0.315 e. The van der Waals surface area contributed by atoms with Crippen molar-refractivity contribution in [1.29, 1.82) is 0 Å². The second kappa shape index (κ2) is 7.64. The van der Waals surface area contributed by atoms with Crippen molar-refractivity contribution in [3.8, 4) is 11.5 Å². The van der Waals surface area contributed by atoms with E-state index < -0.39 is 34.0 Å². The monoisotopic (exact) mass is 417 g/mol. The second-order valence-corrected chi connectivity index (χ2v) is 6.17. The smallest absolute Gasteiger partial charge is 0.315 e. The van der Waals surface area contributed by atoms with Gasteiger partial charge in [0.2, 0.25) is 5.75 Å². The Morgan fingerprint density at radius 3 is 2.52 bits per heavy atom. The molecule has 29 heavy (non-hydrogen) atoms. The number of carbonyl (C=O) groups excluding carboxylic acids is 2. The SMILES string of the molecule is COc1cc(C=C2C(=O)NC(=S)N(c3ccc(F)cc3)C2=O)cc([N+](=O)[O-])c1O. The number of halogens is 1. The summed E-state index contributed by atoms with van der Waals surface area (Å²) >= 11 is 5.04. The van der Waals surface area contributed by atoms with Gasteiger partial charge in [-0.05, 0) is 54.2 Å².